The second-order valence-electron chi connectivity index (χ2n) is 7.55. The Morgan fingerprint density at radius 2 is 1.84 bits per heavy atom. The Balaban J connectivity index is 1.48. The molecule has 0 saturated carbocycles. The fraction of sp³-hybridized carbons (Fsp3) is 0.292. The Hall–Kier alpha value is -2.23. The third-order valence-electron chi connectivity index (χ3n) is 5.43. The lowest BCUT2D eigenvalue weighted by molar-refractivity contribution is 0.178. The van der Waals surface area contributed by atoms with Gasteiger partial charge in [0.2, 0.25) is 0 Å². The van der Waals surface area contributed by atoms with Crippen molar-refractivity contribution >= 4 is 51.4 Å². The number of ether oxygens (including phenoxy) is 1. The van der Waals surface area contributed by atoms with Crippen LogP contribution in [-0.2, 0) is 17.6 Å². The van der Waals surface area contributed by atoms with Crippen LogP contribution in [0.2, 0.25) is 0 Å². The first-order valence-corrected chi connectivity index (χ1v) is 12.2. The highest BCUT2D eigenvalue weighted by Crippen LogP contribution is 2.29. The van der Waals surface area contributed by atoms with Gasteiger partial charge >= 0.3 is 0 Å². The summed E-state index contributed by atoms with van der Waals surface area (Å²) in [5.74, 6) is 0. The number of rotatable bonds is 9. The van der Waals surface area contributed by atoms with Gasteiger partial charge in [0, 0.05) is 38.1 Å². The molecule has 0 amide bonds. The van der Waals surface area contributed by atoms with Gasteiger partial charge in [0.15, 0.2) is 6.10 Å². The van der Waals surface area contributed by atoms with Gasteiger partial charge in [-0.15, -0.1) is 11.3 Å². The molecule has 2 unspecified atom stereocenters. The number of aryl methyl sites for hydroxylation is 1. The van der Waals surface area contributed by atoms with Gasteiger partial charge in [0.1, 0.15) is 9.98 Å². The van der Waals surface area contributed by atoms with Crippen LogP contribution in [0.25, 0.3) is 0 Å². The molecule has 0 aliphatic carbocycles. The lowest BCUT2D eigenvalue weighted by Crippen LogP contribution is -2.40. The molecule has 1 fully saturated rings. The van der Waals surface area contributed by atoms with Crippen LogP contribution in [0.4, 0.5) is 5.69 Å². The second kappa shape index (κ2) is 10.6. The van der Waals surface area contributed by atoms with E-state index in [4.69, 9.17) is 29.2 Å². The molecule has 3 aromatic rings. The summed E-state index contributed by atoms with van der Waals surface area (Å²) in [6.07, 6.45) is 3.22. The number of hydrazine groups is 1. The number of aromatic nitrogens is 1. The minimum Gasteiger partial charge on any atom is -0.388 e. The average Bonchev–Trinajstić information content (AvgIpc) is 3.41. The van der Waals surface area contributed by atoms with Crippen molar-refractivity contribution in [1.82, 2.24) is 9.99 Å². The molecule has 4 rings (SSSR count). The molecule has 1 aliphatic heterocycles. The van der Waals surface area contributed by atoms with Crippen LogP contribution in [0.3, 0.4) is 0 Å². The Morgan fingerprint density at radius 3 is 2.50 bits per heavy atom. The number of thiazole rings is 1. The Morgan fingerprint density at radius 1 is 1.09 bits per heavy atom. The van der Waals surface area contributed by atoms with Crippen molar-refractivity contribution < 1.29 is 9.84 Å². The molecule has 2 atom stereocenters. The maximum atomic E-state index is 10.7. The molecular formula is C24H25N3O2S3. The molecule has 166 valence electrons. The third-order valence-corrected chi connectivity index (χ3v) is 7.08. The number of anilines is 1. The number of aliphatic hydroxyl groups excluding tert-OH is 1. The first kappa shape index (κ1) is 22.9. The maximum Gasteiger partial charge on any atom is 0.161 e. The lowest BCUT2D eigenvalue weighted by Gasteiger charge is -2.30. The van der Waals surface area contributed by atoms with Crippen LogP contribution in [0.1, 0.15) is 28.7 Å². The van der Waals surface area contributed by atoms with Gasteiger partial charge in [0.25, 0.3) is 0 Å². The van der Waals surface area contributed by atoms with Gasteiger partial charge in [-0.1, -0.05) is 66.9 Å². The quantitative estimate of drug-likeness (QED) is 0.441. The van der Waals surface area contributed by atoms with Crippen LogP contribution < -0.4 is 5.01 Å². The van der Waals surface area contributed by atoms with E-state index in [2.05, 4.69) is 4.98 Å². The largest absolute Gasteiger partial charge is 0.388 e. The van der Waals surface area contributed by atoms with Gasteiger partial charge in [0.05, 0.1) is 16.8 Å². The van der Waals surface area contributed by atoms with E-state index in [0.29, 0.717) is 16.4 Å². The highest BCUT2D eigenvalue weighted by atomic mass is 32.1. The molecule has 5 nitrogen and oxygen atoms in total. The summed E-state index contributed by atoms with van der Waals surface area (Å²) in [7, 11) is 1.63. The average molecular weight is 484 g/mol. The summed E-state index contributed by atoms with van der Waals surface area (Å²) in [5, 5.41) is 17.8. The number of methoxy groups -OCH3 is 1. The fourth-order valence-corrected chi connectivity index (χ4v) is 5.33. The van der Waals surface area contributed by atoms with Crippen LogP contribution in [-0.4, -0.2) is 44.8 Å². The van der Waals surface area contributed by atoms with Crippen molar-refractivity contribution in [3.05, 3.63) is 82.3 Å². The normalized spacial score (nSPS) is 17.2. The SMILES string of the molecule is COC1C(=S)N(CCCc2nccs2)N(c2ccc(C(O)Cc3ccccc3)cc2)C1=S. The van der Waals surface area contributed by atoms with Crippen LogP contribution in [0, 0.1) is 0 Å². The van der Waals surface area contributed by atoms with Crippen LogP contribution in [0.5, 0.6) is 0 Å². The predicted octanol–water partition coefficient (Wildman–Crippen LogP) is 4.76. The van der Waals surface area contributed by atoms with E-state index in [9.17, 15) is 5.11 Å². The molecule has 32 heavy (non-hydrogen) atoms. The molecule has 2 aromatic carbocycles. The second-order valence-corrected chi connectivity index (χ2v) is 9.37. The highest BCUT2D eigenvalue weighted by molar-refractivity contribution is 7.82. The van der Waals surface area contributed by atoms with E-state index >= 15 is 0 Å². The van der Waals surface area contributed by atoms with E-state index in [1.54, 1.807) is 18.4 Å². The number of nitrogens with zero attached hydrogens (tertiary/aromatic N) is 3. The van der Waals surface area contributed by atoms with Crippen molar-refractivity contribution in [3.63, 3.8) is 0 Å². The van der Waals surface area contributed by atoms with Crippen LogP contribution in [0.15, 0.2) is 66.2 Å². The summed E-state index contributed by atoms with van der Waals surface area (Å²) in [6, 6.07) is 17.8. The van der Waals surface area contributed by atoms with E-state index in [1.165, 1.54) is 0 Å². The van der Waals surface area contributed by atoms with Gasteiger partial charge < -0.3 is 9.84 Å². The molecule has 1 aromatic heterocycles. The lowest BCUT2D eigenvalue weighted by atomic mass is 10.0. The summed E-state index contributed by atoms with van der Waals surface area (Å²) < 4.78 is 5.58. The van der Waals surface area contributed by atoms with E-state index < -0.39 is 12.2 Å². The summed E-state index contributed by atoms with van der Waals surface area (Å²) >= 11 is 13.1. The van der Waals surface area contributed by atoms with Gasteiger partial charge in [-0.25, -0.2) is 9.99 Å². The zero-order chi connectivity index (χ0) is 22.5. The molecule has 0 radical (unpaired) electrons. The Bertz CT molecular complexity index is 1040. The number of aliphatic hydroxyl groups is 1. The van der Waals surface area contributed by atoms with E-state index in [-0.39, 0.29) is 0 Å². The maximum absolute atomic E-state index is 10.7. The first-order valence-electron chi connectivity index (χ1n) is 10.5. The van der Waals surface area contributed by atoms with Crippen molar-refractivity contribution in [1.29, 1.82) is 0 Å². The molecule has 0 bridgehead atoms. The summed E-state index contributed by atoms with van der Waals surface area (Å²) in [4.78, 5) is 5.66. The van der Waals surface area contributed by atoms with Crippen LogP contribution >= 0.6 is 35.8 Å². The minimum atomic E-state index is -0.570. The smallest absolute Gasteiger partial charge is 0.161 e. The number of thiocarbonyl (C=S) groups is 2. The molecule has 2 heterocycles. The Labute approximate surface area is 203 Å². The topological polar surface area (TPSA) is 48.8 Å². The molecular weight excluding hydrogens is 458 g/mol. The molecule has 1 saturated heterocycles. The zero-order valence-corrected chi connectivity index (χ0v) is 20.2. The number of hydrogen-bond donors (Lipinski definition) is 1. The molecule has 1 N–H and O–H groups in total. The standard InChI is InChI=1S/C24H25N3O2S3/c1-29-22-23(30)26(14-5-8-21-25-13-15-32-21)27(24(22)31)19-11-9-18(10-12-19)20(28)16-17-6-3-2-4-7-17/h2-4,6-7,9-13,15,20,22,28H,5,8,14,16H2,1H3. The summed E-state index contributed by atoms with van der Waals surface area (Å²) in [5.41, 5.74) is 2.87. The van der Waals surface area contributed by atoms with Crippen molar-refractivity contribution in [2.24, 2.45) is 0 Å². The third kappa shape index (κ3) is 5.05. The van der Waals surface area contributed by atoms with E-state index in [1.807, 2.05) is 76.2 Å². The Kier molecular flexibility index (Phi) is 7.59. The zero-order valence-electron chi connectivity index (χ0n) is 17.8. The van der Waals surface area contributed by atoms with Crippen molar-refractivity contribution in [2.45, 2.75) is 31.5 Å². The van der Waals surface area contributed by atoms with Crippen molar-refractivity contribution in [2.75, 3.05) is 18.7 Å². The fourth-order valence-electron chi connectivity index (χ4n) is 3.80. The van der Waals surface area contributed by atoms with Crippen molar-refractivity contribution in [3.8, 4) is 0 Å². The minimum absolute atomic E-state index is 0.400. The predicted molar refractivity (Wildman–Crippen MR) is 137 cm³/mol. The molecule has 1 aliphatic rings. The van der Waals surface area contributed by atoms with E-state index in [0.717, 1.165) is 41.2 Å². The number of benzene rings is 2. The molecule has 0 spiro atoms. The number of hydrogen-bond acceptors (Lipinski definition) is 6. The highest BCUT2D eigenvalue weighted by Gasteiger charge is 2.40. The monoisotopic (exact) mass is 483 g/mol. The summed E-state index contributed by atoms with van der Waals surface area (Å²) in [6.45, 7) is 0.719. The molecule has 8 heteroatoms. The van der Waals surface area contributed by atoms with Gasteiger partial charge in [-0.05, 0) is 29.7 Å². The first-order chi connectivity index (χ1) is 15.6. The van der Waals surface area contributed by atoms with Gasteiger partial charge in [-0.2, -0.15) is 0 Å². The van der Waals surface area contributed by atoms with Gasteiger partial charge in [-0.3, -0.25) is 5.01 Å².